The Kier molecular flexibility index (Phi) is 9.07. The van der Waals surface area contributed by atoms with Crippen LogP contribution in [0.15, 0.2) is 72.8 Å². The summed E-state index contributed by atoms with van der Waals surface area (Å²) in [6.07, 6.45) is -0.00819. The Labute approximate surface area is 219 Å². The van der Waals surface area contributed by atoms with Crippen LogP contribution in [0.1, 0.15) is 36.0 Å². The SMILES string of the molecule is CC#C[C@@H](CC(=O)O)c1ccc(OCc2ccc(CN3CCN(c4ccc(OC)cc4)CC3)cc2)cc1. The molecule has 1 aliphatic rings. The number of aliphatic carboxylic acids is 1. The molecule has 0 bridgehead atoms. The number of benzene rings is 3. The maximum absolute atomic E-state index is 11.1. The van der Waals surface area contributed by atoms with Crippen molar-refractivity contribution < 1.29 is 19.4 Å². The van der Waals surface area contributed by atoms with Gasteiger partial charge in [-0.1, -0.05) is 42.3 Å². The van der Waals surface area contributed by atoms with Crippen molar-refractivity contribution in [2.75, 3.05) is 38.2 Å². The summed E-state index contributed by atoms with van der Waals surface area (Å²) in [6.45, 7) is 7.23. The Morgan fingerprint density at radius 1 is 0.892 bits per heavy atom. The molecule has 1 N–H and O–H groups in total. The quantitative estimate of drug-likeness (QED) is 0.389. The lowest BCUT2D eigenvalue weighted by Crippen LogP contribution is -2.45. The fraction of sp³-hybridized carbons (Fsp3) is 0.323. The third-order valence-corrected chi connectivity index (χ3v) is 6.62. The van der Waals surface area contributed by atoms with Crippen LogP contribution in [-0.2, 0) is 17.9 Å². The summed E-state index contributed by atoms with van der Waals surface area (Å²) in [5.74, 6) is 6.27. The lowest BCUT2D eigenvalue weighted by molar-refractivity contribution is -0.137. The van der Waals surface area contributed by atoms with Crippen LogP contribution in [0.2, 0.25) is 0 Å². The van der Waals surface area contributed by atoms with Gasteiger partial charge in [-0.05, 0) is 60.0 Å². The van der Waals surface area contributed by atoms with Crippen LogP contribution in [0.5, 0.6) is 11.5 Å². The highest BCUT2D eigenvalue weighted by Gasteiger charge is 2.17. The number of nitrogens with zero attached hydrogens (tertiary/aromatic N) is 2. The monoisotopic (exact) mass is 498 g/mol. The Bertz CT molecular complexity index is 1200. The summed E-state index contributed by atoms with van der Waals surface area (Å²) in [5, 5.41) is 9.12. The molecule has 1 aliphatic heterocycles. The van der Waals surface area contributed by atoms with E-state index in [9.17, 15) is 4.79 Å². The first-order valence-electron chi connectivity index (χ1n) is 12.6. The lowest BCUT2D eigenvalue weighted by atomic mass is 9.96. The van der Waals surface area contributed by atoms with Crippen molar-refractivity contribution in [2.24, 2.45) is 0 Å². The number of hydrogen-bond acceptors (Lipinski definition) is 5. The summed E-state index contributed by atoms with van der Waals surface area (Å²) in [6, 6.07) is 24.4. The first-order valence-corrected chi connectivity index (χ1v) is 12.6. The maximum atomic E-state index is 11.1. The molecule has 0 unspecified atom stereocenters. The number of rotatable bonds is 10. The minimum Gasteiger partial charge on any atom is -0.497 e. The molecule has 0 aromatic heterocycles. The Morgan fingerprint density at radius 3 is 2.11 bits per heavy atom. The first-order chi connectivity index (χ1) is 18.0. The number of anilines is 1. The van der Waals surface area contributed by atoms with Crippen LogP contribution < -0.4 is 14.4 Å². The van der Waals surface area contributed by atoms with Crippen molar-refractivity contribution in [3.8, 4) is 23.3 Å². The van der Waals surface area contributed by atoms with Gasteiger partial charge in [-0.2, -0.15) is 0 Å². The Hall–Kier alpha value is -3.95. The van der Waals surface area contributed by atoms with E-state index in [0.29, 0.717) is 6.61 Å². The minimum atomic E-state index is -0.854. The smallest absolute Gasteiger partial charge is 0.304 e. The number of hydrogen-bond donors (Lipinski definition) is 1. The minimum absolute atomic E-state index is 0.00819. The van der Waals surface area contributed by atoms with Crippen LogP contribution in [0.3, 0.4) is 0 Å². The van der Waals surface area contributed by atoms with Gasteiger partial charge in [0.25, 0.3) is 0 Å². The van der Waals surface area contributed by atoms with E-state index in [1.165, 1.54) is 11.3 Å². The van der Waals surface area contributed by atoms with Gasteiger partial charge in [-0.25, -0.2) is 0 Å². The van der Waals surface area contributed by atoms with Crippen LogP contribution in [0.25, 0.3) is 0 Å². The average Bonchev–Trinajstić information content (AvgIpc) is 2.93. The van der Waals surface area contributed by atoms with Gasteiger partial charge < -0.3 is 19.5 Å². The number of carboxylic acid groups (broad SMARTS) is 1. The van der Waals surface area contributed by atoms with Crippen molar-refractivity contribution >= 4 is 11.7 Å². The van der Waals surface area contributed by atoms with Crippen LogP contribution >= 0.6 is 0 Å². The summed E-state index contributed by atoms with van der Waals surface area (Å²) in [5.41, 5.74) is 4.54. The van der Waals surface area contributed by atoms with Crippen LogP contribution in [0, 0.1) is 11.8 Å². The number of ether oxygens (including phenoxy) is 2. The molecule has 1 atom stereocenters. The molecule has 6 nitrogen and oxygen atoms in total. The highest BCUT2D eigenvalue weighted by Crippen LogP contribution is 2.23. The standard InChI is InChI=1S/C31H34N2O4/c1-3-4-27(21-31(34)35)26-9-13-30(14-10-26)37-23-25-7-5-24(6-8-25)22-32-17-19-33(20-18-32)28-11-15-29(36-2)16-12-28/h5-16,27H,17-23H2,1-2H3,(H,34,35)/t27-/m0/s1. The number of methoxy groups -OCH3 is 1. The molecule has 0 aliphatic carbocycles. The molecule has 6 heteroatoms. The molecule has 0 saturated carbocycles. The zero-order chi connectivity index (χ0) is 26.0. The highest BCUT2D eigenvalue weighted by molar-refractivity contribution is 5.69. The second-order valence-electron chi connectivity index (χ2n) is 9.18. The second-order valence-corrected chi connectivity index (χ2v) is 9.18. The van der Waals surface area contributed by atoms with Crippen molar-refractivity contribution in [2.45, 2.75) is 32.4 Å². The van der Waals surface area contributed by atoms with Crippen molar-refractivity contribution in [3.05, 3.63) is 89.5 Å². The molecule has 4 rings (SSSR count). The molecule has 1 heterocycles. The van der Waals surface area contributed by atoms with Crippen molar-refractivity contribution in [3.63, 3.8) is 0 Å². The van der Waals surface area contributed by atoms with Crippen LogP contribution in [0.4, 0.5) is 5.69 Å². The number of carboxylic acids is 1. The summed E-state index contributed by atoms with van der Waals surface area (Å²) in [7, 11) is 1.69. The fourth-order valence-corrected chi connectivity index (χ4v) is 4.52. The van der Waals surface area contributed by atoms with Gasteiger partial charge in [0, 0.05) is 38.4 Å². The van der Waals surface area contributed by atoms with E-state index >= 15 is 0 Å². The third kappa shape index (κ3) is 7.52. The molecule has 3 aromatic rings. The van der Waals surface area contributed by atoms with Gasteiger partial charge in [0.2, 0.25) is 0 Å². The molecule has 3 aromatic carbocycles. The maximum Gasteiger partial charge on any atom is 0.304 e. The number of carbonyl (C=O) groups is 1. The van der Waals surface area contributed by atoms with Gasteiger partial charge >= 0.3 is 5.97 Å². The molecular weight excluding hydrogens is 464 g/mol. The van der Waals surface area contributed by atoms with Crippen molar-refractivity contribution in [1.82, 2.24) is 4.90 Å². The average molecular weight is 499 g/mol. The Morgan fingerprint density at radius 2 is 1.51 bits per heavy atom. The molecule has 0 amide bonds. The van der Waals surface area contributed by atoms with Gasteiger partial charge in [0.15, 0.2) is 0 Å². The van der Waals surface area contributed by atoms with E-state index in [1.807, 2.05) is 36.4 Å². The first kappa shape index (κ1) is 26.1. The highest BCUT2D eigenvalue weighted by atomic mass is 16.5. The van der Waals surface area contributed by atoms with Gasteiger partial charge in [0.1, 0.15) is 18.1 Å². The van der Waals surface area contributed by atoms with Gasteiger partial charge in [-0.3, -0.25) is 9.69 Å². The predicted octanol–water partition coefficient (Wildman–Crippen LogP) is 5.18. The van der Waals surface area contributed by atoms with E-state index in [-0.39, 0.29) is 12.3 Å². The van der Waals surface area contributed by atoms with E-state index in [1.54, 1.807) is 14.0 Å². The molecular formula is C31H34N2O4. The van der Waals surface area contributed by atoms with Gasteiger partial charge in [0.05, 0.1) is 19.4 Å². The van der Waals surface area contributed by atoms with E-state index < -0.39 is 5.97 Å². The predicted molar refractivity (Wildman–Crippen MR) is 146 cm³/mol. The van der Waals surface area contributed by atoms with Crippen molar-refractivity contribution in [1.29, 1.82) is 0 Å². The molecule has 1 fully saturated rings. The van der Waals surface area contributed by atoms with E-state index in [4.69, 9.17) is 14.6 Å². The molecule has 37 heavy (non-hydrogen) atoms. The number of piperazine rings is 1. The zero-order valence-electron chi connectivity index (χ0n) is 21.5. The second kappa shape index (κ2) is 12.8. The topological polar surface area (TPSA) is 62.2 Å². The van der Waals surface area contributed by atoms with Gasteiger partial charge in [-0.15, -0.1) is 5.92 Å². The molecule has 192 valence electrons. The fourth-order valence-electron chi connectivity index (χ4n) is 4.52. The summed E-state index contributed by atoms with van der Waals surface area (Å²) in [4.78, 5) is 16.0. The normalized spacial score (nSPS) is 14.4. The largest absolute Gasteiger partial charge is 0.497 e. The third-order valence-electron chi connectivity index (χ3n) is 6.62. The van der Waals surface area contributed by atoms with E-state index in [2.05, 4.69) is 58.0 Å². The summed E-state index contributed by atoms with van der Waals surface area (Å²) >= 11 is 0. The molecule has 0 spiro atoms. The Balaban J connectivity index is 1.23. The summed E-state index contributed by atoms with van der Waals surface area (Å²) < 4.78 is 11.2. The van der Waals surface area contributed by atoms with Crippen LogP contribution in [-0.4, -0.2) is 49.3 Å². The zero-order valence-corrected chi connectivity index (χ0v) is 21.5. The lowest BCUT2D eigenvalue weighted by Gasteiger charge is -2.36. The molecule has 0 radical (unpaired) electrons. The van der Waals surface area contributed by atoms with E-state index in [0.717, 1.165) is 55.3 Å². The molecule has 1 saturated heterocycles.